The molecule has 9 heteroatoms. The quantitative estimate of drug-likeness (QED) is 0.344. The van der Waals surface area contributed by atoms with Crippen molar-refractivity contribution in [2.24, 2.45) is 23.5 Å². The molecule has 0 bridgehead atoms. The molecule has 3 fully saturated rings. The maximum absolute atomic E-state index is 12.3. The zero-order valence-electron chi connectivity index (χ0n) is 25.4. The Labute approximate surface area is 267 Å². The molecule has 234 valence electrons. The van der Waals surface area contributed by atoms with Gasteiger partial charge in [-0.15, -0.1) is 0 Å². The van der Waals surface area contributed by atoms with Gasteiger partial charge in [0.15, 0.2) is 0 Å². The number of likely N-dealkylation sites (tertiary alicyclic amines) is 3. The minimum absolute atomic E-state index is 0.0892. The summed E-state index contributed by atoms with van der Waals surface area (Å²) in [6, 6.07) is 12.4. The monoisotopic (exact) mass is 627 g/mol. The highest BCUT2D eigenvalue weighted by atomic mass is 35.5. The molecule has 3 aliphatic heterocycles. The summed E-state index contributed by atoms with van der Waals surface area (Å²) in [5.41, 5.74) is 10.7. The van der Waals surface area contributed by atoms with Crippen LogP contribution in [0.1, 0.15) is 56.6 Å². The third kappa shape index (κ3) is 8.95. The van der Waals surface area contributed by atoms with E-state index in [0.717, 1.165) is 108 Å². The zero-order valence-corrected chi connectivity index (χ0v) is 27.0. The molecule has 7 nitrogen and oxygen atoms in total. The number of halogens is 2. The largest absolute Gasteiger partial charge is 0.358 e. The third-order valence-electron chi connectivity index (χ3n) is 9.80. The lowest BCUT2D eigenvalue weighted by Gasteiger charge is -2.40. The molecule has 2 amide bonds. The number of nitrogens with zero attached hydrogens (tertiary/aromatic N) is 3. The fourth-order valence-corrected chi connectivity index (χ4v) is 7.90. The van der Waals surface area contributed by atoms with E-state index in [2.05, 4.69) is 33.3 Å². The number of rotatable bonds is 10. The standard InChI is InChI=1S/C34H47Cl2N5O2/c1-24(37)34(43)41-12-6-29(7-13-41)28-4-10-40(11-5-28)22-27-14-26(21-39-8-2-25(3-9-39)20-38-23-42)15-30(16-27)31-17-32(35)19-33(36)18-31/h14-19,23-25,28-29H,2-13,20-22,37H2,1H3,(H,38,42)/t24-/m0/s1. The first-order valence-corrected chi connectivity index (χ1v) is 16.8. The Bertz CT molecular complexity index is 1210. The number of carbonyl (C=O) groups excluding carboxylic acids is 2. The molecule has 0 unspecified atom stereocenters. The molecule has 2 aromatic rings. The maximum Gasteiger partial charge on any atom is 0.239 e. The maximum atomic E-state index is 12.3. The van der Waals surface area contributed by atoms with E-state index < -0.39 is 6.04 Å². The second-order valence-corrected chi connectivity index (χ2v) is 13.9. The van der Waals surface area contributed by atoms with Crippen LogP contribution in [0.2, 0.25) is 10.0 Å². The summed E-state index contributed by atoms with van der Waals surface area (Å²) in [5, 5.41) is 4.15. The number of hydrogen-bond acceptors (Lipinski definition) is 5. The van der Waals surface area contributed by atoms with Gasteiger partial charge in [-0.25, -0.2) is 0 Å². The molecule has 43 heavy (non-hydrogen) atoms. The van der Waals surface area contributed by atoms with E-state index in [1.807, 2.05) is 17.0 Å². The normalized spacial score (nSPS) is 20.7. The van der Waals surface area contributed by atoms with E-state index >= 15 is 0 Å². The molecule has 2 aromatic carbocycles. The Hall–Kier alpha value is -2.16. The van der Waals surface area contributed by atoms with Crippen LogP contribution in [0, 0.1) is 17.8 Å². The van der Waals surface area contributed by atoms with Gasteiger partial charge in [0.1, 0.15) is 0 Å². The van der Waals surface area contributed by atoms with Crippen LogP contribution in [0.4, 0.5) is 0 Å². The van der Waals surface area contributed by atoms with Crippen molar-refractivity contribution in [3.63, 3.8) is 0 Å². The number of benzene rings is 2. The van der Waals surface area contributed by atoms with Crippen LogP contribution >= 0.6 is 23.2 Å². The molecule has 0 aromatic heterocycles. The highest BCUT2D eigenvalue weighted by Gasteiger charge is 2.31. The fourth-order valence-electron chi connectivity index (χ4n) is 7.37. The van der Waals surface area contributed by atoms with Crippen molar-refractivity contribution in [2.75, 3.05) is 45.8 Å². The van der Waals surface area contributed by atoms with Gasteiger partial charge < -0.3 is 16.0 Å². The van der Waals surface area contributed by atoms with Crippen molar-refractivity contribution < 1.29 is 9.59 Å². The van der Waals surface area contributed by atoms with Gasteiger partial charge in [-0.05, 0) is 142 Å². The van der Waals surface area contributed by atoms with Crippen LogP contribution in [0.3, 0.4) is 0 Å². The van der Waals surface area contributed by atoms with Crippen LogP contribution in [0.15, 0.2) is 36.4 Å². The first-order valence-electron chi connectivity index (χ1n) is 16.0. The number of amides is 2. The molecule has 1 atom stereocenters. The molecule has 3 N–H and O–H groups in total. The van der Waals surface area contributed by atoms with Crippen molar-refractivity contribution in [1.82, 2.24) is 20.0 Å². The van der Waals surface area contributed by atoms with Gasteiger partial charge >= 0.3 is 0 Å². The predicted octanol–water partition coefficient (Wildman–Crippen LogP) is 5.42. The molecule has 3 saturated heterocycles. The van der Waals surface area contributed by atoms with E-state index in [1.165, 1.54) is 24.0 Å². The van der Waals surface area contributed by atoms with Crippen LogP contribution in [-0.2, 0) is 22.7 Å². The van der Waals surface area contributed by atoms with E-state index in [-0.39, 0.29) is 5.91 Å². The highest BCUT2D eigenvalue weighted by Crippen LogP contribution is 2.34. The summed E-state index contributed by atoms with van der Waals surface area (Å²) in [7, 11) is 0. The van der Waals surface area contributed by atoms with Crippen LogP contribution in [0.5, 0.6) is 0 Å². The topological polar surface area (TPSA) is 81.9 Å². The van der Waals surface area contributed by atoms with E-state index in [1.54, 1.807) is 13.0 Å². The summed E-state index contributed by atoms with van der Waals surface area (Å²) >= 11 is 12.8. The first kappa shape index (κ1) is 32.2. The van der Waals surface area contributed by atoms with Crippen LogP contribution in [0.25, 0.3) is 11.1 Å². The van der Waals surface area contributed by atoms with Gasteiger partial charge in [0.05, 0.1) is 6.04 Å². The molecule has 5 rings (SSSR count). The molecule has 0 aliphatic carbocycles. The lowest BCUT2D eigenvalue weighted by atomic mass is 9.78. The molecular formula is C34H47Cl2N5O2. The lowest BCUT2D eigenvalue weighted by Crippen LogP contribution is -2.47. The summed E-state index contributed by atoms with van der Waals surface area (Å²) in [4.78, 5) is 30.1. The highest BCUT2D eigenvalue weighted by molar-refractivity contribution is 6.35. The van der Waals surface area contributed by atoms with Crippen molar-refractivity contribution in [2.45, 2.75) is 64.6 Å². The minimum atomic E-state index is -0.404. The van der Waals surface area contributed by atoms with E-state index in [4.69, 9.17) is 28.9 Å². The Morgan fingerprint density at radius 3 is 1.81 bits per heavy atom. The average Bonchev–Trinajstić information content (AvgIpc) is 3.00. The smallest absolute Gasteiger partial charge is 0.239 e. The van der Waals surface area contributed by atoms with Gasteiger partial charge in [0.2, 0.25) is 12.3 Å². The Balaban J connectivity index is 1.22. The molecule has 3 heterocycles. The van der Waals surface area contributed by atoms with Gasteiger partial charge in [-0.3, -0.25) is 19.4 Å². The Morgan fingerprint density at radius 2 is 1.30 bits per heavy atom. The van der Waals surface area contributed by atoms with Gasteiger partial charge in [0, 0.05) is 42.8 Å². The summed E-state index contributed by atoms with van der Waals surface area (Å²) in [6.07, 6.45) is 7.65. The van der Waals surface area contributed by atoms with Crippen molar-refractivity contribution >= 4 is 35.5 Å². The van der Waals surface area contributed by atoms with Gasteiger partial charge in [-0.2, -0.15) is 0 Å². The fraction of sp³-hybridized carbons (Fsp3) is 0.588. The third-order valence-corrected chi connectivity index (χ3v) is 10.2. The number of hydrogen-bond donors (Lipinski definition) is 2. The van der Waals surface area contributed by atoms with E-state index in [0.29, 0.717) is 21.9 Å². The predicted molar refractivity (Wildman–Crippen MR) is 175 cm³/mol. The van der Waals surface area contributed by atoms with Crippen molar-refractivity contribution in [3.05, 3.63) is 57.6 Å². The molecule has 0 saturated carbocycles. The average molecular weight is 629 g/mol. The SMILES string of the molecule is C[C@H](N)C(=O)N1CCC(C2CCN(Cc3cc(CN4CCC(CNC=O)CC4)cc(-c4cc(Cl)cc(Cl)c4)c3)CC2)CC1. The zero-order chi connectivity index (χ0) is 30.3. The number of carbonyl (C=O) groups is 2. The summed E-state index contributed by atoms with van der Waals surface area (Å²) in [5.74, 6) is 2.10. The molecule has 3 aliphatic rings. The lowest BCUT2D eigenvalue weighted by molar-refractivity contribution is -0.133. The van der Waals surface area contributed by atoms with E-state index in [9.17, 15) is 9.59 Å². The first-order chi connectivity index (χ1) is 20.8. The Morgan fingerprint density at radius 1 is 0.814 bits per heavy atom. The Kier molecular flexibility index (Phi) is 11.4. The van der Waals surface area contributed by atoms with Gasteiger partial charge in [0.25, 0.3) is 0 Å². The molecule has 0 spiro atoms. The second kappa shape index (κ2) is 15.2. The van der Waals surface area contributed by atoms with Gasteiger partial charge in [-0.1, -0.05) is 29.3 Å². The minimum Gasteiger partial charge on any atom is -0.358 e. The van der Waals surface area contributed by atoms with Crippen molar-refractivity contribution in [1.29, 1.82) is 0 Å². The second-order valence-electron chi connectivity index (χ2n) is 13.0. The molecular weight excluding hydrogens is 581 g/mol. The van der Waals surface area contributed by atoms with Crippen LogP contribution in [-0.4, -0.2) is 78.9 Å². The number of nitrogens with one attached hydrogen (secondary N) is 1. The number of nitrogens with two attached hydrogens (primary N) is 1. The summed E-state index contributed by atoms with van der Waals surface area (Å²) in [6.45, 7) is 10.4. The summed E-state index contributed by atoms with van der Waals surface area (Å²) < 4.78 is 0. The molecule has 0 radical (unpaired) electrons. The van der Waals surface area contributed by atoms with Crippen LogP contribution < -0.4 is 11.1 Å². The van der Waals surface area contributed by atoms with Crippen molar-refractivity contribution in [3.8, 4) is 11.1 Å². The number of piperidine rings is 3.